The number of carbonyl (C=O) groups is 2. The molecule has 162 valence electrons. The monoisotopic (exact) mass is 414 g/mol. The van der Waals surface area contributed by atoms with Crippen molar-refractivity contribution in [3.63, 3.8) is 0 Å². The second-order valence-electron chi connectivity index (χ2n) is 7.83. The topological polar surface area (TPSA) is 108 Å². The van der Waals surface area contributed by atoms with Gasteiger partial charge in [-0.05, 0) is 50.1 Å². The Morgan fingerprint density at radius 2 is 1.97 bits per heavy atom. The van der Waals surface area contributed by atoms with Crippen molar-refractivity contribution in [3.8, 4) is 17.0 Å². The van der Waals surface area contributed by atoms with Gasteiger partial charge >= 0.3 is 0 Å². The number of carbonyl (C=O) groups excluding carboxylic acids is 2. The summed E-state index contributed by atoms with van der Waals surface area (Å²) in [4.78, 5) is 26.6. The third kappa shape index (κ3) is 5.18. The van der Waals surface area contributed by atoms with Crippen molar-refractivity contribution in [2.45, 2.75) is 45.8 Å². The van der Waals surface area contributed by atoms with Crippen LogP contribution in [-0.4, -0.2) is 63.9 Å². The lowest BCUT2D eigenvalue weighted by molar-refractivity contribution is -0.125. The summed E-state index contributed by atoms with van der Waals surface area (Å²) in [5.41, 5.74) is 1.97. The number of rotatable bonds is 6. The average Bonchev–Trinajstić information content (AvgIpc) is 3.15. The first-order valence-electron chi connectivity index (χ1n) is 10.5. The van der Waals surface area contributed by atoms with Gasteiger partial charge in [0.1, 0.15) is 11.4 Å². The molecule has 2 atom stereocenters. The highest BCUT2D eigenvalue weighted by Gasteiger charge is 2.29. The second-order valence-corrected chi connectivity index (χ2v) is 7.83. The number of nitrogens with zero attached hydrogens (tertiary/aromatic N) is 2. The van der Waals surface area contributed by atoms with Gasteiger partial charge in [0, 0.05) is 24.6 Å². The summed E-state index contributed by atoms with van der Waals surface area (Å²) < 4.78 is 5.45. The SMILES string of the molecule is CCOc1ccc(-c2cc(C(=O)N3CC[C@H](NC(=O)C(C)C)[C@@H](O)CC3)[nH]n2)cc1. The fourth-order valence-corrected chi connectivity index (χ4v) is 3.45. The fourth-order valence-electron chi connectivity index (χ4n) is 3.45. The summed E-state index contributed by atoms with van der Waals surface area (Å²) in [6.45, 7) is 7.04. The highest BCUT2D eigenvalue weighted by atomic mass is 16.5. The Morgan fingerprint density at radius 1 is 1.27 bits per heavy atom. The molecule has 3 N–H and O–H groups in total. The van der Waals surface area contributed by atoms with Crippen molar-refractivity contribution in [2.75, 3.05) is 19.7 Å². The molecule has 2 amide bonds. The highest BCUT2D eigenvalue weighted by Crippen LogP contribution is 2.22. The van der Waals surface area contributed by atoms with Gasteiger partial charge in [-0.2, -0.15) is 5.10 Å². The number of amides is 2. The van der Waals surface area contributed by atoms with E-state index in [1.54, 1.807) is 11.0 Å². The summed E-state index contributed by atoms with van der Waals surface area (Å²) in [5, 5.41) is 20.4. The summed E-state index contributed by atoms with van der Waals surface area (Å²) in [7, 11) is 0. The van der Waals surface area contributed by atoms with Gasteiger partial charge in [0.05, 0.1) is 24.4 Å². The number of aromatic nitrogens is 2. The van der Waals surface area contributed by atoms with Crippen LogP contribution in [0, 0.1) is 5.92 Å². The highest BCUT2D eigenvalue weighted by molar-refractivity contribution is 5.93. The molecule has 1 fully saturated rings. The standard InChI is InChI=1S/C22H30N4O4/c1-4-30-16-7-5-15(6-8-16)18-13-19(25-24-18)22(29)26-11-9-17(20(27)10-12-26)23-21(28)14(2)3/h5-8,13-14,17,20,27H,4,9-12H2,1-3H3,(H,23,28)(H,24,25)/t17-,20-/m0/s1. The molecule has 0 saturated carbocycles. The van der Waals surface area contributed by atoms with Crippen LogP contribution in [0.2, 0.25) is 0 Å². The van der Waals surface area contributed by atoms with E-state index >= 15 is 0 Å². The lowest BCUT2D eigenvalue weighted by Crippen LogP contribution is -2.44. The molecule has 3 rings (SSSR count). The molecular weight excluding hydrogens is 384 g/mol. The number of aliphatic hydroxyl groups excluding tert-OH is 1. The first kappa shape index (κ1) is 21.8. The number of aliphatic hydroxyl groups is 1. The van der Waals surface area contributed by atoms with Gasteiger partial charge < -0.3 is 20.1 Å². The van der Waals surface area contributed by atoms with E-state index in [4.69, 9.17) is 4.74 Å². The van der Waals surface area contributed by atoms with E-state index in [1.807, 2.05) is 45.0 Å². The average molecular weight is 415 g/mol. The first-order valence-corrected chi connectivity index (χ1v) is 10.5. The molecule has 0 aliphatic carbocycles. The number of hydrogen-bond donors (Lipinski definition) is 3. The molecule has 0 radical (unpaired) electrons. The first-order chi connectivity index (χ1) is 14.4. The number of H-pyrrole nitrogens is 1. The van der Waals surface area contributed by atoms with Crippen molar-refractivity contribution in [1.82, 2.24) is 20.4 Å². The molecular formula is C22H30N4O4. The van der Waals surface area contributed by atoms with Gasteiger partial charge in [0.25, 0.3) is 5.91 Å². The Balaban J connectivity index is 1.65. The van der Waals surface area contributed by atoms with E-state index in [2.05, 4.69) is 15.5 Å². The predicted octanol–water partition coefficient (Wildman–Crippen LogP) is 2.21. The summed E-state index contributed by atoms with van der Waals surface area (Å²) in [5.74, 6) is 0.384. The van der Waals surface area contributed by atoms with Gasteiger partial charge in [0.2, 0.25) is 5.91 Å². The lowest BCUT2D eigenvalue weighted by atomic mass is 10.1. The predicted molar refractivity (Wildman–Crippen MR) is 113 cm³/mol. The molecule has 1 aliphatic rings. The maximum Gasteiger partial charge on any atom is 0.271 e. The van der Waals surface area contributed by atoms with Crippen LogP contribution in [0.4, 0.5) is 0 Å². The van der Waals surface area contributed by atoms with Gasteiger partial charge in [-0.15, -0.1) is 0 Å². The molecule has 0 bridgehead atoms. The van der Waals surface area contributed by atoms with Crippen LogP contribution in [0.25, 0.3) is 11.3 Å². The molecule has 1 aromatic carbocycles. The van der Waals surface area contributed by atoms with Crippen LogP contribution < -0.4 is 10.1 Å². The van der Waals surface area contributed by atoms with E-state index in [0.717, 1.165) is 11.3 Å². The number of aromatic amines is 1. The molecule has 1 aromatic heterocycles. The molecule has 1 saturated heterocycles. The fraction of sp³-hybridized carbons (Fsp3) is 0.500. The Hall–Kier alpha value is -2.87. The normalized spacial score (nSPS) is 19.4. The van der Waals surface area contributed by atoms with Crippen LogP contribution in [0.3, 0.4) is 0 Å². The minimum absolute atomic E-state index is 0.0904. The van der Waals surface area contributed by atoms with E-state index in [-0.39, 0.29) is 23.8 Å². The van der Waals surface area contributed by atoms with Crippen LogP contribution in [0.1, 0.15) is 44.1 Å². The Labute approximate surface area is 176 Å². The molecule has 30 heavy (non-hydrogen) atoms. The minimum atomic E-state index is -0.674. The molecule has 8 nitrogen and oxygen atoms in total. The van der Waals surface area contributed by atoms with Crippen LogP contribution in [0.15, 0.2) is 30.3 Å². The van der Waals surface area contributed by atoms with Crippen molar-refractivity contribution in [1.29, 1.82) is 0 Å². The summed E-state index contributed by atoms with van der Waals surface area (Å²) in [6.07, 6.45) is 0.242. The van der Waals surface area contributed by atoms with Crippen LogP contribution in [0.5, 0.6) is 5.75 Å². The molecule has 8 heteroatoms. The quantitative estimate of drug-likeness (QED) is 0.672. The van der Waals surface area contributed by atoms with Crippen molar-refractivity contribution >= 4 is 11.8 Å². The van der Waals surface area contributed by atoms with Crippen LogP contribution >= 0.6 is 0 Å². The molecule has 2 aromatic rings. The van der Waals surface area contributed by atoms with E-state index < -0.39 is 6.10 Å². The molecule has 0 spiro atoms. The number of likely N-dealkylation sites (tertiary alicyclic amines) is 1. The summed E-state index contributed by atoms with van der Waals surface area (Å²) >= 11 is 0. The number of hydrogen-bond acceptors (Lipinski definition) is 5. The largest absolute Gasteiger partial charge is 0.494 e. The zero-order chi connectivity index (χ0) is 21.7. The minimum Gasteiger partial charge on any atom is -0.494 e. The number of benzene rings is 1. The van der Waals surface area contributed by atoms with Crippen molar-refractivity contribution < 1.29 is 19.4 Å². The van der Waals surface area contributed by atoms with Gasteiger partial charge in [0.15, 0.2) is 0 Å². The maximum absolute atomic E-state index is 12.9. The second kappa shape index (κ2) is 9.75. The summed E-state index contributed by atoms with van der Waals surface area (Å²) in [6, 6.07) is 8.93. The number of ether oxygens (including phenoxy) is 1. The molecule has 1 aliphatic heterocycles. The molecule has 2 heterocycles. The van der Waals surface area contributed by atoms with E-state index in [0.29, 0.717) is 43.9 Å². The van der Waals surface area contributed by atoms with E-state index in [1.165, 1.54) is 0 Å². The van der Waals surface area contributed by atoms with E-state index in [9.17, 15) is 14.7 Å². The zero-order valence-electron chi connectivity index (χ0n) is 17.7. The van der Waals surface area contributed by atoms with Gasteiger partial charge in [-0.1, -0.05) is 13.8 Å². The van der Waals surface area contributed by atoms with Gasteiger partial charge in [-0.3, -0.25) is 14.7 Å². The van der Waals surface area contributed by atoms with Crippen molar-refractivity contribution in [2.24, 2.45) is 5.92 Å². The smallest absolute Gasteiger partial charge is 0.271 e. The van der Waals surface area contributed by atoms with Crippen LogP contribution in [-0.2, 0) is 4.79 Å². The Kier molecular flexibility index (Phi) is 7.10. The molecule has 0 unspecified atom stereocenters. The Morgan fingerprint density at radius 3 is 2.63 bits per heavy atom. The number of nitrogens with one attached hydrogen (secondary N) is 2. The van der Waals surface area contributed by atoms with Crippen molar-refractivity contribution in [3.05, 3.63) is 36.0 Å². The maximum atomic E-state index is 12.9. The zero-order valence-corrected chi connectivity index (χ0v) is 17.7. The third-order valence-corrected chi connectivity index (χ3v) is 5.28. The lowest BCUT2D eigenvalue weighted by Gasteiger charge is -2.22. The Bertz CT molecular complexity index is 862. The van der Waals surface area contributed by atoms with Gasteiger partial charge in [-0.25, -0.2) is 0 Å². The third-order valence-electron chi connectivity index (χ3n) is 5.28.